The lowest BCUT2D eigenvalue weighted by Gasteiger charge is -2.35. The van der Waals surface area contributed by atoms with Crippen molar-refractivity contribution < 1.29 is 9.53 Å². The van der Waals surface area contributed by atoms with Gasteiger partial charge in [0, 0.05) is 30.7 Å². The van der Waals surface area contributed by atoms with Crippen LogP contribution in [0.15, 0.2) is 24.3 Å². The molecule has 2 bridgehead atoms. The van der Waals surface area contributed by atoms with Gasteiger partial charge >= 0.3 is 0 Å². The summed E-state index contributed by atoms with van der Waals surface area (Å²) < 4.78 is 5.13. The molecule has 2 fully saturated rings. The second-order valence-corrected chi connectivity index (χ2v) is 5.91. The molecule has 0 saturated carbocycles. The molecule has 4 heteroatoms. The van der Waals surface area contributed by atoms with Gasteiger partial charge in [-0.05, 0) is 49.9 Å². The predicted molar refractivity (Wildman–Crippen MR) is 78.1 cm³/mol. The molecule has 1 N–H and O–H groups in total. The molecule has 1 aromatic carbocycles. The van der Waals surface area contributed by atoms with Crippen LogP contribution >= 0.6 is 0 Å². The zero-order valence-electron chi connectivity index (χ0n) is 12.1. The van der Waals surface area contributed by atoms with Gasteiger partial charge in [-0.1, -0.05) is 0 Å². The quantitative estimate of drug-likeness (QED) is 0.917. The van der Waals surface area contributed by atoms with Crippen molar-refractivity contribution in [1.29, 1.82) is 0 Å². The highest BCUT2D eigenvalue weighted by Gasteiger charge is 2.36. The van der Waals surface area contributed by atoms with Crippen LogP contribution in [0.2, 0.25) is 0 Å². The van der Waals surface area contributed by atoms with Crippen molar-refractivity contribution in [3.63, 3.8) is 0 Å². The molecule has 0 spiro atoms. The average molecular weight is 274 g/mol. The first-order valence-electron chi connectivity index (χ1n) is 7.34. The van der Waals surface area contributed by atoms with Crippen molar-refractivity contribution in [3.8, 4) is 5.75 Å². The third kappa shape index (κ3) is 2.52. The number of hydrogen-bond donors (Lipinski definition) is 1. The second kappa shape index (κ2) is 5.44. The van der Waals surface area contributed by atoms with Gasteiger partial charge in [0.25, 0.3) is 5.91 Å². The largest absolute Gasteiger partial charge is 0.497 e. The Kier molecular flexibility index (Phi) is 3.66. The molecule has 0 aromatic heterocycles. The van der Waals surface area contributed by atoms with E-state index in [0.717, 1.165) is 24.2 Å². The molecular weight excluding hydrogens is 252 g/mol. The smallest absolute Gasteiger partial charge is 0.253 e. The fourth-order valence-corrected chi connectivity index (χ4v) is 3.45. The summed E-state index contributed by atoms with van der Waals surface area (Å²) in [4.78, 5) is 14.5. The van der Waals surface area contributed by atoms with Gasteiger partial charge in [-0.2, -0.15) is 0 Å². The number of ether oxygens (including phenoxy) is 1. The fourth-order valence-electron chi connectivity index (χ4n) is 3.45. The van der Waals surface area contributed by atoms with Gasteiger partial charge < -0.3 is 15.0 Å². The van der Waals surface area contributed by atoms with Crippen LogP contribution in [0.25, 0.3) is 0 Å². The average Bonchev–Trinajstić information content (AvgIpc) is 2.84. The summed E-state index contributed by atoms with van der Waals surface area (Å²) in [5.74, 6) is 0.892. The molecule has 1 amide bonds. The summed E-state index contributed by atoms with van der Waals surface area (Å²) in [6, 6.07) is 8.93. The van der Waals surface area contributed by atoms with Gasteiger partial charge in [0.15, 0.2) is 0 Å². The van der Waals surface area contributed by atoms with E-state index in [-0.39, 0.29) is 5.91 Å². The molecule has 3 rings (SSSR count). The van der Waals surface area contributed by atoms with E-state index in [9.17, 15) is 4.79 Å². The zero-order valence-corrected chi connectivity index (χ0v) is 12.1. The van der Waals surface area contributed by atoms with Gasteiger partial charge in [-0.15, -0.1) is 0 Å². The topological polar surface area (TPSA) is 41.6 Å². The molecule has 4 nitrogen and oxygen atoms in total. The summed E-state index contributed by atoms with van der Waals surface area (Å²) in [7, 11) is 3.57. The van der Waals surface area contributed by atoms with Crippen LogP contribution in [0.5, 0.6) is 5.75 Å². The highest BCUT2D eigenvalue weighted by molar-refractivity contribution is 5.94. The Labute approximate surface area is 120 Å². The minimum absolute atomic E-state index is 0.110. The van der Waals surface area contributed by atoms with Crippen molar-refractivity contribution in [2.24, 2.45) is 0 Å². The summed E-state index contributed by atoms with van der Waals surface area (Å²) in [6.45, 7) is 0. The first-order valence-corrected chi connectivity index (χ1v) is 7.34. The summed E-state index contributed by atoms with van der Waals surface area (Å²) >= 11 is 0. The summed E-state index contributed by atoms with van der Waals surface area (Å²) in [6.07, 6.45) is 4.67. The molecule has 0 radical (unpaired) electrons. The first-order chi connectivity index (χ1) is 9.67. The molecule has 2 atom stereocenters. The highest BCUT2D eigenvalue weighted by Crippen LogP contribution is 2.29. The van der Waals surface area contributed by atoms with Crippen LogP contribution in [0.1, 0.15) is 36.0 Å². The molecule has 2 heterocycles. The van der Waals surface area contributed by atoms with Crippen molar-refractivity contribution in [3.05, 3.63) is 29.8 Å². The molecule has 20 heavy (non-hydrogen) atoms. The number of nitrogens with one attached hydrogen (secondary N) is 1. The number of carbonyl (C=O) groups is 1. The summed E-state index contributed by atoms with van der Waals surface area (Å²) in [5.41, 5.74) is 0.735. The van der Waals surface area contributed by atoms with Crippen LogP contribution in [0.4, 0.5) is 0 Å². The maximum absolute atomic E-state index is 12.5. The Hall–Kier alpha value is -1.55. The van der Waals surface area contributed by atoms with Crippen molar-refractivity contribution in [2.45, 2.75) is 43.8 Å². The maximum Gasteiger partial charge on any atom is 0.253 e. The van der Waals surface area contributed by atoms with E-state index in [2.05, 4.69) is 5.32 Å². The molecule has 2 unspecified atom stereocenters. The number of benzene rings is 1. The van der Waals surface area contributed by atoms with E-state index >= 15 is 0 Å². The molecule has 108 valence electrons. The lowest BCUT2D eigenvalue weighted by molar-refractivity contribution is 0.0681. The minimum atomic E-state index is 0.110. The third-order valence-corrected chi connectivity index (χ3v) is 4.65. The van der Waals surface area contributed by atoms with Crippen LogP contribution in [-0.2, 0) is 0 Å². The highest BCUT2D eigenvalue weighted by atomic mass is 16.5. The van der Waals surface area contributed by atoms with E-state index in [1.807, 2.05) is 36.2 Å². The standard InChI is InChI=1S/C16H22N2O2/c1-18(14-9-12-5-6-13(10-14)17-12)16(19)11-3-7-15(20-2)8-4-11/h3-4,7-8,12-14,17H,5-6,9-10H2,1-2H3. The third-order valence-electron chi connectivity index (χ3n) is 4.65. The van der Waals surface area contributed by atoms with Gasteiger partial charge in [-0.25, -0.2) is 0 Å². The number of nitrogens with zero attached hydrogens (tertiary/aromatic N) is 1. The lowest BCUT2D eigenvalue weighted by atomic mass is 9.98. The van der Waals surface area contributed by atoms with E-state index < -0.39 is 0 Å². The zero-order chi connectivity index (χ0) is 14.1. The van der Waals surface area contributed by atoms with Gasteiger partial charge in [0.1, 0.15) is 5.75 Å². The molecule has 2 aliphatic rings. The first kappa shape index (κ1) is 13.4. The SMILES string of the molecule is COc1ccc(C(=O)N(C)C2CC3CCC(C2)N3)cc1. The number of carbonyl (C=O) groups excluding carboxylic acids is 1. The number of methoxy groups -OCH3 is 1. The Bertz CT molecular complexity index is 474. The number of amides is 1. The van der Waals surface area contributed by atoms with E-state index in [0.29, 0.717) is 18.1 Å². The van der Waals surface area contributed by atoms with Crippen LogP contribution in [0, 0.1) is 0 Å². The van der Waals surface area contributed by atoms with Crippen molar-refractivity contribution in [2.75, 3.05) is 14.2 Å². The number of piperidine rings is 1. The molecule has 0 aliphatic carbocycles. The van der Waals surface area contributed by atoms with Crippen LogP contribution < -0.4 is 10.1 Å². The molecule has 2 aliphatic heterocycles. The van der Waals surface area contributed by atoms with E-state index in [4.69, 9.17) is 4.74 Å². The van der Waals surface area contributed by atoms with Crippen molar-refractivity contribution in [1.82, 2.24) is 10.2 Å². The van der Waals surface area contributed by atoms with Gasteiger partial charge in [-0.3, -0.25) is 4.79 Å². The second-order valence-electron chi connectivity index (χ2n) is 5.91. The monoisotopic (exact) mass is 274 g/mol. The fraction of sp³-hybridized carbons (Fsp3) is 0.562. The van der Waals surface area contributed by atoms with Gasteiger partial charge in [0.2, 0.25) is 0 Å². The van der Waals surface area contributed by atoms with E-state index in [1.165, 1.54) is 12.8 Å². The molecular formula is C16H22N2O2. The predicted octanol–water partition coefficient (Wildman–Crippen LogP) is 2.05. The van der Waals surface area contributed by atoms with Gasteiger partial charge in [0.05, 0.1) is 7.11 Å². The van der Waals surface area contributed by atoms with Crippen LogP contribution in [-0.4, -0.2) is 43.1 Å². The number of fused-ring (bicyclic) bond motifs is 2. The Balaban J connectivity index is 1.69. The Morgan fingerprint density at radius 2 is 1.80 bits per heavy atom. The number of rotatable bonds is 3. The lowest BCUT2D eigenvalue weighted by Crippen LogP contribution is -2.48. The minimum Gasteiger partial charge on any atom is -0.497 e. The van der Waals surface area contributed by atoms with Crippen LogP contribution in [0.3, 0.4) is 0 Å². The maximum atomic E-state index is 12.5. The summed E-state index contributed by atoms with van der Waals surface area (Å²) in [5, 5.41) is 3.61. The Morgan fingerprint density at radius 1 is 1.20 bits per heavy atom. The molecule has 1 aromatic rings. The van der Waals surface area contributed by atoms with E-state index in [1.54, 1.807) is 7.11 Å². The van der Waals surface area contributed by atoms with Crippen molar-refractivity contribution >= 4 is 5.91 Å². The normalized spacial score (nSPS) is 28.2. The number of hydrogen-bond acceptors (Lipinski definition) is 3. The molecule has 2 saturated heterocycles. The Morgan fingerprint density at radius 3 is 2.35 bits per heavy atom.